The SMILES string of the molecule is O=C1CCC(N2Cc3c(SCc4csc(COCC56CC7CC(CC(C7)C5)C6)n4)cccc3C2=O)C(=O)N1. The summed E-state index contributed by atoms with van der Waals surface area (Å²) in [6.45, 7) is 1.87. The second kappa shape index (κ2) is 9.75. The van der Waals surface area contributed by atoms with Gasteiger partial charge < -0.3 is 9.64 Å². The number of nitrogens with zero attached hydrogens (tertiary/aromatic N) is 2. The summed E-state index contributed by atoms with van der Waals surface area (Å²) in [5, 5.41) is 5.51. The van der Waals surface area contributed by atoms with Crippen LogP contribution in [0.1, 0.15) is 78.0 Å². The van der Waals surface area contributed by atoms with Crippen LogP contribution in [0.2, 0.25) is 0 Å². The van der Waals surface area contributed by atoms with Gasteiger partial charge in [-0.1, -0.05) is 6.07 Å². The van der Waals surface area contributed by atoms with Crippen LogP contribution < -0.4 is 5.32 Å². The van der Waals surface area contributed by atoms with Gasteiger partial charge in [0.1, 0.15) is 11.0 Å². The van der Waals surface area contributed by atoms with E-state index in [0.717, 1.165) is 45.5 Å². The zero-order chi connectivity index (χ0) is 25.9. The molecule has 2 aliphatic heterocycles. The molecule has 1 aromatic carbocycles. The summed E-state index contributed by atoms with van der Waals surface area (Å²) < 4.78 is 6.28. The summed E-state index contributed by atoms with van der Waals surface area (Å²) in [5.74, 6) is 2.76. The molecule has 1 aromatic heterocycles. The first kappa shape index (κ1) is 24.8. The topological polar surface area (TPSA) is 88.6 Å². The van der Waals surface area contributed by atoms with E-state index in [4.69, 9.17) is 9.72 Å². The predicted molar refractivity (Wildman–Crippen MR) is 144 cm³/mol. The van der Waals surface area contributed by atoms with Crippen molar-refractivity contribution in [2.24, 2.45) is 23.2 Å². The standard InChI is InChI=1S/C29H33N3O4S2/c33-25-5-4-23(27(34)31-25)32-12-22-21(28(32)35)2-1-3-24(22)37-14-20-15-38-26(30-20)13-36-16-29-9-17-6-18(10-29)8-19(7-17)11-29/h1-3,15,17-19,23H,4-14,16H2,(H,31,33,34). The molecule has 7 nitrogen and oxygen atoms in total. The number of ether oxygens (including phenoxy) is 1. The fraction of sp³-hybridized carbons (Fsp3) is 0.586. The summed E-state index contributed by atoms with van der Waals surface area (Å²) in [7, 11) is 0. The molecular weight excluding hydrogens is 518 g/mol. The van der Waals surface area contributed by atoms with E-state index in [1.165, 1.54) is 38.5 Å². The lowest BCUT2D eigenvalue weighted by atomic mass is 9.50. The smallest absolute Gasteiger partial charge is 0.255 e. The molecular formula is C29H33N3O4S2. The second-order valence-corrected chi connectivity index (χ2v) is 14.1. The Balaban J connectivity index is 0.949. The quantitative estimate of drug-likeness (QED) is 0.370. The zero-order valence-electron chi connectivity index (χ0n) is 21.4. The molecule has 200 valence electrons. The molecule has 9 heteroatoms. The van der Waals surface area contributed by atoms with Crippen molar-refractivity contribution in [2.75, 3.05) is 6.61 Å². The summed E-state index contributed by atoms with van der Waals surface area (Å²) in [6, 6.07) is 5.17. The lowest BCUT2D eigenvalue weighted by Gasteiger charge is -2.56. The first-order valence-corrected chi connectivity index (χ1v) is 15.7. The number of nitrogens with one attached hydrogen (secondary N) is 1. The van der Waals surface area contributed by atoms with Crippen LogP contribution in [-0.4, -0.2) is 40.3 Å². The highest BCUT2D eigenvalue weighted by Crippen LogP contribution is 2.60. The van der Waals surface area contributed by atoms with Crippen molar-refractivity contribution in [2.45, 2.75) is 81.2 Å². The van der Waals surface area contributed by atoms with Crippen LogP contribution in [0.5, 0.6) is 0 Å². The number of carbonyl (C=O) groups is 3. The molecule has 1 unspecified atom stereocenters. The third-order valence-electron chi connectivity index (χ3n) is 9.31. The third-order valence-corrected chi connectivity index (χ3v) is 11.3. The van der Waals surface area contributed by atoms with Crippen molar-refractivity contribution in [3.05, 3.63) is 45.4 Å². The maximum absolute atomic E-state index is 13.1. The molecule has 5 fully saturated rings. The molecule has 4 aliphatic carbocycles. The normalized spacial score (nSPS) is 31.7. The number of rotatable bonds is 8. The number of aromatic nitrogens is 1. The monoisotopic (exact) mass is 551 g/mol. The number of benzene rings is 1. The van der Waals surface area contributed by atoms with Crippen LogP contribution in [0.4, 0.5) is 0 Å². The molecule has 6 aliphatic rings. The Morgan fingerprint density at radius 2 is 1.87 bits per heavy atom. The number of thioether (sulfide) groups is 1. The minimum Gasteiger partial charge on any atom is -0.374 e. The van der Waals surface area contributed by atoms with Gasteiger partial charge in [0.15, 0.2) is 0 Å². The van der Waals surface area contributed by atoms with E-state index >= 15 is 0 Å². The van der Waals surface area contributed by atoms with Crippen LogP contribution >= 0.6 is 23.1 Å². The number of piperidine rings is 1. The Kier molecular flexibility index (Phi) is 6.36. The van der Waals surface area contributed by atoms with Crippen molar-refractivity contribution in [1.29, 1.82) is 0 Å². The van der Waals surface area contributed by atoms with Crippen molar-refractivity contribution in [3.8, 4) is 0 Å². The molecule has 3 heterocycles. The number of thiazole rings is 1. The average Bonchev–Trinajstić information content (AvgIpc) is 3.46. The van der Waals surface area contributed by atoms with Gasteiger partial charge in [-0.15, -0.1) is 23.1 Å². The van der Waals surface area contributed by atoms with Gasteiger partial charge in [0.2, 0.25) is 11.8 Å². The molecule has 0 spiro atoms. The highest BCUT2D eigenvalue weighted by Gasteiger charge is 2.51. The Morgan fingerprint density at radius 1 is 1.11 bits per heavy atom. The summed E-state index contributed by atoms with van der Waals surface area (Å²) in [4.78, 5) is 44.5. The number of hydrogen-bond donors (Lipinski definition) is 1. The van der Waals surface area contributed by atoms with E-state index in [1.54, 1.807) is 28.0 Å². The van der Waals surface area contributed by atoms with Gasteiger partial charge in [-0.25, -0.2) is 4.98 Å². The van der Waals surface area contributed by atoms with Crippen molar-refractivity contribution >= 4 is 40.8 Å². The van der Waals surface area contributed by atoms with Gasteiger partial charge >= 0.3 is 0 Å². The van der Waals surface area contributed by atoms with Gasteiger partial charge in [-0.05, 0) is 85.8 Å². The van der Waals surface area contributed by atoms with Gasteiger partial charge in [-0.2, -0.15) is 0 Å². The van der Waals surface area contributed by atoms with Crippen molar-refractivity contribution in [3.63, 3.8) is 0 Å². The van der Waals surface area contributed by atoms with E-state index in [2.05, 4.69) is 10.7 Å². The summed E-state index contributed by atoms with van der Waals surface area (Å²) in [5.41, 5.74) is 3.06. The number of carbonyl (C=O) groups excluding carboxylic acids is 3. The Bertz CT molecular complexity index is 1260. The van der Waals surface area contributed by atoms with Crippen LogP contribution in [0.25, 0.3) is 0 Å². The van der Waals surface area contributed by atoms with E-state index in [-0.39, 0.29) is 24.1 Å². The second-order valence-electron chi connectivity index (χ2n) is 12.1. The number of hydrogen-bond acceptors (Lipinski definition) is 7. The van der Waals surface area contributed by atoms with Crippen LogP contribution in [0.15, 0.2) is 28.5 Å². The maximum Gasteiger partial charge on any atom is 0.255 e. The highest BCUT2D eigenvalue weighted by atomic mass is 32.2. The average molecular weight is 552 g/mol. The van der Waals surface area contributed by atoms with Gasteiger partial charge in [-0.3, -0.25) is 19.7 Å². The first-order valence-electron chi connectivity index (χ1n) is 13.8. The van der Waals surface area contributed by atoms with E-state index in [9.17, 15) is 14.4 Å². The fourth-order valence-electron chi connectivity index (χ4n) is 8.15. The van der Waals surface area contributed by atoms with E-state index in [0.29, 0.717) is 36.3 Å². The minimum atomic E-state index is -0.593. The molecule has 1 N–H and O–H groups in total. The van der Waals surface area contributed by atoms with E-state index in [1.807, 2.05) is 18.2 Å². The fourth-order valence-corrected chi connectivity index (χ4v) is 9.96. The Hall–Kier alpha value is -2.23. The molecule has 4 bridgehead atoms. The largest absolute Gasteiger partial charge is 0.374 e. The molecule has 0 radical (unpaired) electrons. The third kappa shape index (κ3) is 4.60. The lowest BCUT2D eigenvalue weighted by Crippen LogP contribution is -2.52. The molecule has 38 heavy (non-hydrogen) atoms. The van der Waals surface area contributed by atoms with Crippen LogP contribution in [0.3, 0.4) is 0 Å². The maximum atomic E-state index is 13.1. The first-order chi connectivity index (χ1) is 18.4. The van der Waals surface area contributed by atoms with Crippen LogP contribution in [-0.2, 0) is 33.2 Å². The Morgan fingerprint density at radius 3 is 2.61 bits per heavy atom. The molecule has 1 atom stereocenters. The highest BCUT2D eigenvalue weighted by molar-refractivity contribution is 7.98. The number of imide groups is 1. The molecule has 2 aromatic rings. The molecule has 1 saturated heterocycles. The summed E-state index contributed by atoms with van der Waals surface area (Å²) in [6.07, 6.45) is 9.11. The minimum absolute atomic E-state index is 0.135. The lowest BCUT2D eigenvalue weighted by molar-refractivity contribution is -0.136. The number of fused-ring (bicyclic) bond motifs is 1. The number of amides is 3. The molecule has 3 amide bonds. The zero-order valence-corrected chi connectivity index (χ0v) is 23.1. The van der Waals surface area contributed by atoms with Gasteiger partial charge in [0.05, 0.1) is 18.9 Å². The summed E-state index contributed by atoms with van der Waals surface area (Å²) >= 11 is 3.34. The Labute approximate surface area is 231 Å². The predicted octanol–water partition coefficient (Wildman–Crippen LogP) is 4.93. The van der Waals surface area contributed by atoms with Gasteiger partial charge in [0, 0.05) is 34.6 Å². The van der Waals surface area contributed by atoms with Gasteiger partial charge in [0.25, 0.3) is 5.91 Å². The molecule has 8 rings (SSSR count). The van der Waals surface area contributed by atoms with Crippen LogP contribution in [0, 0.1) is 23.2 Å². The van der Waals surface area contributed by atoms with Crippen molar-refractivity contribution in [1.82, 2.24) is 15.2 Å². The molecule has 4 saturated carbocycles. The van der Waals surface area contributed by atoms with Crippen molar-refractivity contribution < 1.29 is 19.1 Å². The van der Waals surface area contributed by atoms with E-state index < -0.39 is 6.04 Å².